The van der Waals surface area contributed by atoms with Gasteiger partial charge in [0.15, 0.2) is 0 Å². The number of rotatable bonds is 7. The van der Waals surface area contributed by atoms with Crippen molar-refractivity contribution in [3.05, 3.63) is 53.6 Å². The second kappa shape index (κ2) is 14.1. The second-order valence-electron chi connectivity index (χ2n) is 17.3. The number of carbonyl (C=O) groups excluding carboxylic acids is 2. The van der Waals surface area contributed by atoms with Gasteiger partial charge in [-0.25, -0.2) is 8.42 Å². The summed E-state index contributed by atoms with van der Waals surface area (Å²) in [5.41, 5.74) is 3.35. The van der Waals surface area contributed by atoms with E-state index < -0.39 is 27.3 Å². The fourth-order valence-corrected chi connectivity index (χ4v) is 13.2. The Morgan fingerprint density at radius 2 is 1.55 bits per heavy atom. The van der Waals surface area contributed by atoms with Gasteiger partial charge in [0.1, 0.15) is 0 Å². The minimum absolute atomic E-state index is 0. The van der Waals surface area contributed by atoms with Gasteiger partial charge in [0.25, 0.3) is 0 Å². The van der Waals surface area contributed by atoms with Gasteiger partial charge in [0, 0.05) is 6.54 Å². The maximum atomic E-state index is 14.0. The second-order valence-corrected chi connectivity index (χ2v) is 18.8. The first kappa shape index (κ1) is 41.3. The summed E-state index contributed by atoms with van der Waals surface area (Å²) in [4.78, 5) is 25.4. The summed E-state index contributed by atoms with van der Waals surface area (Å²) < 4.78 is 33.9. The predicted octanol–water partition coefficient (Wildman–Crippen LogP) is 0.370. The van der Waals surface area contributed by atoms with Crippen LogP contribution < -0.4 is 69.5 Å². The molecule has 49 heavy (non-hydrogen) atoms. The Hall–Kier alpha value is -0.450. The molecule has 9 atom stereocenters. The van der Waals surface area contributed by atoms with Crippen molar-refractivity contribution in [1.29, 1.82) is 0 Å². The topological polar surface area (TPSA) is 126 Å². The van der Waals surface area contributed by atoms with Crippen LogP contribution in [0, 0.1) is 56.7 Å². The van der Waals surface area contributed by atoms with Gasteiger partial charge in [-0.15, -0.1) is 0 Å². The zero-order chi connectivity index (χ0) is 34.4. The standard InChI is InChI=1S/C39H55NO6S.2Na/c1-24(2)27-14-19-39(34(43)40-22-23-47(44,45)46)21-20-37(6)29(32(27)39)12-13-31-36(5)17-15-28(25-8-10-26(11-9-25)33(41)42)35(3,4)30(36)16-18-38(31,37)7;;/h8-11,15,27,29-32H,1,12-14,16-23H2,2-7H3,(H,40,43)(H,41,42)(H,44,45,46);;/q;2*+1/p-2/t27-,29+,30-,31+,32+,36-,37+,38+,39-;;/m0../s1. The summed E-state index contributed by atoms with van der Waals surface area (Å²) in [5, 5.41) is 14.3. The van der Waals surface area contributed by atoms with Crippen molar-refractivity contribution < 1.29 is 86.8 Å². The fraction of sp³-hybridized carbons (Fsp3) is 0.692. The Morgan fingerprint density at radius 1 is 0.898 bits per heavy atom. The van der Waals surface area contributed by atoms with Gasteiger partial charge >= 0.3 is 59.1 Å². The van der Waals surface area contributed by atoms with Crippen LogP contribution in [-0.2, 0) is 14.9 Å². The molecule has 1 N–H and O–H groups in total. The minimum atomic E-state index is -4.40. The Bertz CT molecular complexity index is 1620. The van der Waals surface area contributed by atoms with Gasteiger partial charge in [-0.1, -0.05) is 77.1 Å². The molecule has 0 spiro atoms. The molecule has 5 aliphatic rings. The van der Waals surface area contributed by atoms with Crippen molar-refractivity contribution in [1.82, 2.24) is 5.32 Å². The molecule has 6 rings (SSSR count). The number of amides is 1. The molecule has 258 valence electrons. The number of carboxylic acids is 1. The van der Waals surface area contributed by atoms with Crippen LogP contribution in [0.5, 0.6) is 0 Å². The van der Waals surface area contributed by atoms with Crippen LogP contribution in [0.2, 0.25) is 0 Å². The molecule has 1 amide bonds. The number of fused-ring (bicyclic) bond motifs is 7. The molecule has 1 aromatic carbocycles. The monoisotopic (exact) mass is 709 g/mol. The summed E-state index contributed by atoms with van der Waals surface area (Å²) in [5.74, 6) is -0.0246. The van der Waals surface area contributed by atoms with E-state index in [9.17, 15) is 27.7 Å². The molecule has 0 aliphatic heterocycles. The first-order valence-electron chi connectivity index (χ1n) is 17.7. The first-order chi connectivity index (χ1) is 21.8. The Kier molecular flexibility index (Phi) is 11.9. The molecule has 0 aromatic heterocycles. The molecule has 0 heterocycles. The van der Waals surface area contributed by atoms with E-state index in [0.717, 1.165) is 68.9 Å². The summed E-state index contributed by atoms with van der Waals surface area (Å²) in [6.45, 7) is 18.8. The maximum absolute atomic E-state index is 14.0. The van der Waals surface area contributed by atoms with Crippen LogP contribution in [0.3, 0.4) is 0 Å². The molecule has 0 bridgehead atoms. The first-order valence-corrected chi connectivity index (χ1v) is 19.3. The zero-order valence-electron chi connectivity index (χ0n) is 31.1. The van der Waals surface area contributed by atoms with Gasteiger partial charge in [0.2, 0.25) is 5.91 Å². The van der Waals surface area contributed by atoms with Gasteiger partial charge in [-0.2, -0.15) is 0 Å². The van der Waals surface area contributed by atoms with E-state index in [4.69, 9.17) is 0 Å². The smallest absolute Gasteiger partial charge is 0.748 e. The average molecular weight is 710 g/mol. The predicted molar refractivity (Wildman–Crippen MR) is 181 cm³/mol. The quantitative estimate of drug-likeness (QED) is 0.248. The molecule has 7 nitrogen and oxygen atoms in total. The summed E-state index contributed by atoms with van der Waals surface area (Å²) >= 11 is 0. The normalized spacial score (nSPS) is 38.9. The summed E-state index contributed by atoms with van der Waals surface area (Å²) in [7, 11) is -4.40. The number of hydrogen-bond donors (Lipinski definition) is 1. The van der Waals surface area contributed by atoms with Crippen molar-refractivity contribution in [3.8, 4) is 0 Å². The van der Waals surface area contributed by atoms with Crippen molar-refractivity contribution in [3.63, 3.8) is 0 Å². The van der Waals surface area contributed by atoms with Crippen molar-refractivity contribution in [2.45, 2.75) is 99.3 Å². The third kappa shape index (κ3) is 6.46. The van der Waals surface area contributed by atoms with E-state index in [0.29, 0.717) is 17.8 Å². The molecule has 1 aromatic rings. The van der Waals surface area contributed by atoms with Gasteiger partial charge in [-0.05, 0) is 133 Å². The van der Waals surface area contributed by atoms with E-state index in [2.05, 4.69) is 59.5 Å². The van der Waals surface area contributed by atoms with Crippen LogP contribution >= 0.6 is 0 Å². The average Bonchev–Trinajstić information content (AvgIpc) is 3.38. The van der Waals surface area contributed by atoms with E-state index in [-0.39, 0.29) is 111 Å². The molecular weight excluding hydrogens is 656 g/mol. The Balaban J connectivity index is 0.00000270. The molecule has 0 saturated heterocycles. The van der Waals surface area contributed by atoms with Crippen LogP contribution in [0.4, 0.5) is 0 Å². The SMILES string of the molecule is C=C(C)[C@@H]1CC[C@]2(C(=O)NCCS(=O)(=O)[O-])CC[C@]3(C)[C@H](CC[C@@H]4[C@@]5(C)CC=C(c6ccc(C(=O)[O-])cc6)C(C)(C)[C@@H]5CC[C@]43C)[C@@H]12.[Na+].[Na+]. The number of hydrogen-bond acceptors (Lipinski definition) is 6. The molecular formula is C39H53NNa2O6S. The molecule has 5 aliphatic carbocycles. The summed E-state index contributed by atoms with van der Waals surface area (Å²) in [6.07, 6.45) is 11.3. The number of carbonyl (C=O) groups is 2. The number of benzene rings is 1. The van der Waals surface area contributed by atoms with Gasteiger partial charge in [-0.3, -0.25) is 4.79 Å². The third-order valence-electron chi connectivity index (χ3n) is 15.2. The van der Waals surface area contributed by atoms with E-state index in [1.54, 1.807) is 12.1 Å². The maximum Gasteiger partial charge on any atom is 1.00 e. The van der Waals surface area contributed by atoms with Crippen LogP contribution in [0.1, 0.15) is 115 Å². The number of nitrogens with one attached hydrogen (secondary N) is 1. The van der Waals surface area contributed by atoms with Crippen LogP contribution in [0.15, 0.2) is 42.5 Å². The molecule has 10 heteroatoms. The third-order valence-corrected chi connectivity index (χ3v) is 15.9. The van der Waals surface area contributed by atoms with Crippen LogP contribution in [0.25, 0.3) is 5.57 Å². The molecule has 0 radical (unpaired) electrons. The van der Waals surface area contributed by atoms with Crippen LogP contribution in [-0.4, -0.2) is 37.1 Å². The molecule has 0 unspecified atom stereocenters. The molecule has 4 saturated carbocycles. The fourth-order valence-electron chi connectivity index (χ4n) is 12.9. The van der Waals surface area contributed by atoms with Crippen molar-refractivity contribution >= 4 is 27.6 Å². The number of aromatic carboxylic acids is 1. The Morgan fingerprint density at radius 3 is 2.14 bits per heavy atom. The largest absolute Gasteiger partial charge is 1.00 e. The number of carboxylic acid groups (broad SMARTS) is 1. The van der Waals surface area contributed by atoms with E-state index in [1.165, 1.54) is 5.57 Å². The summed E-state index contributed by atoms with van der Waals surface area (Å²) in [6, 6.07) is 7.19. The Labute approximate surface area is 338 Å². The van der Waals surface area contributed by atoms with Crippen molar-refractivity contribution in [2.75, 3.05) is 12.3 Å². The zero-order valence-corrected chi connectivity index (χ0v) is 35.9. The minimum Gasteiger partial charge on any atom is -0.748 e. The van der Waals surface area contributed by atoms with E-state index in [1.807, 2.05) is 12.1 Å². The van der Waals surface area contributed by atoms with Gasteiger partial charge < -0.3 is 19.8 Å². The van der Waals surface area contributed by atoms with Crippen molar-refractivity contribution in [2.24, 2.45) is 56.7 Å². The van der Waals surface area contributed by atoms with Gasteiger partial charge in [0.05, 0.1) is 27.3 Å². The number of allylic oxidation sites excluding steroid dienone is 3. The molecule has 4 fully saturated rings. The van der Waals surface area contributed by atoms with E-state index >= 15 is 0 Å².